The highest BCUT2D eigenvalue weighted by molar-refractivity contribution is 5.46. The van der Waals surface area contributed by atoms with Gasteiger partial charge in [0.25, 0.3) is 0 Å². The van der Waals surface area contributed by atoms with Crippen LogP contribution in [0.2, 0.25) is 0 Å². The summed E-state index contributed by atoms with van der Waals surface area (Å²) in [5.74, 6) is 0. The van der Waals surface area contributed by atoms with Gasteiger partial charge in [-0.15, -0.1) is 0 Å². The van der Waals surface area contributed by atoms with Gasteiger partial charge in [-0.25, -0.2) is 0 Å². The van der Waals surface area contributed by atoms with Crippen molar-refractivity contribution < 1.29 is 0 Å². The third-order valence-corrected chi connectivity index (χ3v) is 2.07. The Bertz CT molecular complexity index is 374. The first-order valence-electron chi connectivity index (χ1n) is 5.79. The van der Waals surface area contributed by atoms with Gasteiger partial charge < -0.3 is 5.73 Å². The molecular formula is C17H21N. The van der Waals surface area contributed by atoms with Gasteiger partial charge >= 0.3 is 0 Å². The van der Waals surface area contributed by atoms with E-state index in [4.69, 9.17) is 0 Å². The first-order chi connectivity index (χ1) is 8.86. The molecule has 0 saturated carbocycles. The quantitative estimate of drug-likeness (QED) is 0.833. The Labute approximate surface area is 110 Å². The molecule has 0 aliphatic rings. The van der Waals surface area contributed by atoms with Gasteiger partial charge in [0.05, 0.1) is 0 Å². The Morgan fingerprint density at radius 2 is 0.944 bits per heavy atom. The fraction of sp³-hybridized carbons (Fsp3) is 0.0588. The second-order valence-electron chi connectivity index (χ2n) is 3.23. The van der Waals surface area contributed by atoms with Crippen LogP contribution in [-0.2, 0) is 0 Å². The van der Waals surface area contributed by atoms with E-state index in [1.54, 1.807) is 0 Å². The highest BCUT2D eigenvalue weighted by Gasteiger charge is 1.76. The van der Waals surface area contributed by atoms with Crippen molar-refractivity contribution in [2.45, 2.75) is 0 Å². The second kappa shape index (κ2) is 11.4. The van der Waals surface area contributed by atoms with Crippen molar-refractivity contribution in [1.29, 1.82) is 0 Å². The Morgan fingerprint density at radius 1 is 0.667 bits per heavy atom. The summed E-state index contributed by atoms with van der Waals surface area (Å²) in [6.45, 7) is 7.26. The monoisotopic (exact) mass is 239 g/mol. The van der Waals surface area contributed by atoms with Crippen LogP contribution in [0.1, 0.15) is 11.1 Å². The highest BCUT2D eigenvalue weighted by atomic mass is 14.4. The van der Waals surface area contributed by atoms with Crippen LogP contribution in [0.25, 0.3) is 12.2 Å². The summed E-state index contributed by atoms with van der Waals surface area (Å²) in [4.78, 5) is 0. The topological polar surface area (TPSA) is 26.0 Å². The van der Waals surface area contributed by atoms with E-state index in [0.29, 0.717) is 0 Å². The Hall–Kier alpha value is -2.12. The smallest absolute Gasteiger partial charge is 0.0195 e. The van der Waals surface area contributed by atoms with E-state index in [-0.39, 0.29) is 0 Å². The lowest BCUT2D eigenvalue weighted by molar-refractivity contribution is 1.48. The number of benzene rings is 2. The molecule has 0 spiro atoms. The fourth-order valence-electron chi connectivity index (χ4n) is 1.18. The summed E-state index contributed by atoms with van der Waals surface area (Å²) < 4.78 is 0. The Balaban J connectivity index is 0.000000283. The third kappa shape index (κ3) is 7.20. The molecule has 18 heavy (non-hydrogen) atoms. The number of hydrogen-bond donors (Lipinski definition) is 1. The van der Waals surface area contributed by atoms with Gasteiger partial charge in [0, 0.05) is 0 Å². The van der Waals surface area contributed by atoms with Gasteiger partial charge in [0.2, 0.25) is 0 Å². The van der Waals surface area contributed by atoms with Crippen molar-refractivity contribution in [3.05, 3.63) is 84.9 Å². The Kier molecular flexibility index (Phi) is 10.0. The molecule has 1 nitrogen and oxygen atoms in total. The SMILES string of the molecule is C=Cc1ccccc1.C=Cc1ccccc1.CN. The minimum absolute atomic E-state index is 1.17. The highest BCUT2D eigenvalue weighted by Crippen LogP contribution is 1.98. The van der Waals surface area contributed by atoms with E-state index in [9.17, 15) is 0 Å². The molecule has 2 aromatic carbocycles. The van der Waals surface area contributed by atoms with Gasteiger partial charge in [0.15, 0.2) is 0 Å². The fourth-order valence-corrected chi connectivity index (χ4v) is 1.18. The summed E-state index contributed by atoms with van der Waals surface area (Å²) in [7, 11) is 1.50. The Morgan fingerprint density at radius 3 is 1.11 bits per heavy atom. The molecule has 2 N–H and O–H groups in total. The van der Waals surface area contributed by atoms with Crippen LogP contribution in [0, 0.1) is 0 Å². The van der Waals surface area contributed by atoms with E-state index in [1.165, 1.54) is 18.2 Å². The third-order valence-electron chi connectivity index (χ3n) is 2.07. The molecule has 2 aromatic rings. The van der Waals surface area contributed by atoms with E-state index in [0.717, 1.165) is 0 Å². The summed E-state index contributed by atoms with van der Waals surface area (Å²) in [6.07, 6.45) is 3.67. The predicted molar refractivity (Wildman–Crippen MR) is 83.2 cm³/mol. The summed E-state index contributed by atoms with van der Waals surface area (Å²) in [5.41, 5.74) is 6.85. The molecule has 0 amide bonds. The van der Waals surface area contributed by atoms with Crippen LogP contribution in [0.5, 0.6) is 0 Å². The van der Waals surface area contributed by atoms with Crippen LogP contribution >= 0.6 is 0 Å². The van der Waals surface area contributed by atoms with Crippen molar-refractivity contribution in [3.8, 4) is 0 Å². The lowest BCUT2D eigenvalue weighted by Crippen LogP contribution is -1.69. The number of hydrogen-bond acceptors (Lipinski definition) is 1. The normalized spacial score (nSPS) is 7.89. The van der Waals surface area contributed by atoms with Crippen molar-refractivity contribution in [1.82, 2.24) is 0 Å². The van der Waals surface area contributed by atoms with Gasteiger partial charge in [0.1, 0.15) is 0 Å². The molecule has 0 fully saturated rings. The standard InChI is InChI=1S/2C8H8.CH5N/c2*1-2-8-6-4-3-5-7-8;1-2/h2*2-7H,1H2;2H2,1H3. The average molecular weight is 239 g/mol. The van der Waals surface area contributed by atoms with Crippen LogP contribution in [0.15, 0.2) is 73.8 Å². The van der Waals surface area contributed by atoms with E-state index in [2.05, 4.69) is 18.9 Å². The van der Waals surface area contributed by atoms with Crippen LogP contribution in [0.3, 0.4) is 0 Å². The predicted octanol–water partition coefficient (Wildman–Crippen LogP) is 4.23. The van der Waals surface area contributed by atoms with Crippen molar-refractivity contribution in [2.24, 2.45) is 5.73 Å². The molecule has 0 atom stereocenters. The minimum Gasteiger partial charge on any atom is -0.333 e. The van der Waals surface area contributed by atoms with Crippen molar-refractivity contribution >= 4 is 12.2 Å². The largest absolute Gasteiger partial charge is 0.333 e. The molecule has 2 rings (SSSR count). The van der Waals surface area contributed by atoms with Gasteiger partial charge in [-0.05, 0) is 18.2 Å². The maximum absolute atomic E-state index is 4.50. The molecule has 0 aromatic heterocycles. The first-order valence-corrected chi connectivity index (χ1v) is 5.79. The minimum atomic E-state index is 1.17. The molecule has 0 aliphatic heterocycles. The van der Waals surface area contributed by atoms with Gasteiger partial charge in [-0.1, -0.05) is 86.0 Å². The molecular weight excluding hydrogens is 218 g/mol. The summed E-state index contributed by atoms with van der Waals surface area (Å²) >= 11 is 0. The van der Waals surface area contributed by atoms with Gasteiger partial charge in [-0.3, -0.25) is 0 Å². The average Bonchev–Trinajstić information content (AvgIpc) is 2.51. The lowest BCUT2D eigenvalue weighted by atomic mass is 10.2. The van der Waals surface area contributed by atoms with E-state index < -0.39 is 0 Å². The lowest BCUT2D eigenvalue weighted by Gasteiger charge is -1.85. The molecule has 0 heterocycles. The van der Waals surface area contributed by atoms with Crippen molar-refractivity contribution in [2.75, 3.05) is 7.05 Å². The summed E-state index contributed by atoms with van der Waals surface area (Å²) in [6, 6.07) is 20.1. The van der Waals surface area contributed by atoms with Crippen molar-refractivity contribution in [3.63, 3.8) is 0 Å². The maximum atomic E-state index is 4.50. The van der Waals surface area contributed by atoms with Crippen LogP contribution < -0.4 is 5.73 Å². The molecule has 94 valence electrons. The molecule has 0 bridgehead atoms. The molecule has 0 radical (unpaired) electrons. The second-order valence-corrected chi connectivity index (χ2v) is 3.23. The zero-order valence-corrected chi connectivity index (χ0v) is 10.9. The molecule has 0 saturated heterocycles. The molecule has 0 unspecified atom stereocenters. The van der Waals surface area contributed by atoms with Crippen LogP contribution in [0.4, 0.5) is 0 Å². The zero-order chi connectivity index (χ0) is 13.6. The number of nitrogens with two attached hydrogens (primary N) is 1. The van der Waals surface area contributed by atoms with E-state index in [1.807, 2.05) is 72.8 Å². The number of rotatable bonds is 2. The summed E-state index contributed by atoms with van der Waals surface area (Å²) in [5, 5.41) is 0. The zero-order valence-electron chi connectivity index (χ0n) is 10.9. The molecule has 0 aliphatic carbocycles. The first kappa shape index (κ1) is 15.9. The van der Waals surface area contributed by atoms with E-state index >= 15 is 0 Å². The maximum Gasteiger partial charge on any atom is -0.0195 e. The van der Waals surface area contributed by atoms with Gasteiger partial charge in [-0.2, -0.15) is 0 Å². The van der Waals surface area contributed by atoms with Crippen LogP contribution in [-0.4, -0.2) is 7.05 Å². The molecule has 1 heteroatoms.